The summed E-state index contributed by atoms with van der Waals surface area (Å²) >= 11 is 0. The first-order valence-electron chi connectivity index (χ1n) is 13.1. The lowest BCUT2D eigenvalue weighted by molar-refractivity contribution is -0.272. The third-order valence-corrected chi connectivity index (χ3v) is 11.4. The van der Waals surface area contributed by atoms with Crippen LogP contribution in [0.3, 0.4) is 0 Å². The van der Waals surface area contributed by atoms with Gasteiger partial charge < -0.3 is 19.7 Å². The maximum absolute atomic E-state index is 10.5. The molecule has 6 aliphatic rings. The standard InChI is InChI=1S/C27H42O4/c1-15-7-10-27(30-14-15)16(2)24-23(31-27)12-20-18-6-5-17-11-21(28)22(29)13-26(17,4)19(18)8-9-25(20,24)3/h5,15-16,18-24,28-29H,6-14H2,1-4H3/t15-,16+,18-,19-,20+,21-,22-,23+,24+,25+,26+,27-/m1/s1. The Morgan fingerprint density at radius 1 is 1.03 bits per heavy atom. The second-order valence-electron chi connectivity index (χ2n) is 12.8. The molecule has 2 saturated heterocycles. The summed E-state index contributed by atoms with van der Waals surface area (Å²) in [6.45, 7) is 10.5. The predicted molar refractivity (Wildman–Crippen MR) is 119 cm³/mol. The molecule has 2 aliphatic heterocycles. The molecule has 0 aromatic heterocycles. The Hall–Kier alpha value is -0.420. The van der Waals surface area contributed by atoms with E-state index in [0.717, 1.165) is 25.9 Å². The summed E-state index contributed by atoms with van der Waals surface area (Å²) in [5.74, 6) is 3.39. The van der Waals surface area contributed by atoms with Gasteiger partial charge in [0.25, 0.3) is 0 Å². The highest BCUT2D eigenvalue weighted by molar-refractivity contribution is 5.27. The summed E-state index contributed by atoms with van der Waals surface area (Å²) in [5.41, 5.74) is 1.80. The fourth-order valence-corrected chi connectivity index (χ4v) is 9.71. The van der Waals surface area contributed by atoms with Crippen molar-refractivity contribution in [2.24, 2.45) is 46.3 Å². The minimum absolute atomic E-state index is 0.0525. The van der Waals surface area contributed by atoms with E-state index in [-0.39, 0.29) is 11.2 Å². The number of ether oxygens (including phenoxy) is 2. The molecule has 3 saturated carbocycles. The van der Waals surface area contributed by atoms with E-state index in [2.05, 4.69) is 33.8 Å². The van der Waals surface area contributed by atoms with Gasteiger partial charge in [0.05, 0.1) is 24.9 Å². The van der Waals surface area contributed by atoms with Gasteiger partial charge in [-0.3, -0.25) is 0 Å². The second-order valence-corrected chi connectivity index (χ2v) is 12.8. The number of aliphatic hydroxyl groups excluding tert-OH is 2. The summed E-state index contributed by atoms with van der Waals surface area (Å²) in [6, 6.07) is 0. The molecule has 0 radical (unpaired) electrons. The highest BCUT2D eigenvalue weighted by Gasteiger charge is 2.68. The number of fused-ring (bicyclic) bond motifs is 7. The van der Waals surface area contributed by atoms with E-state index in [1.165, 1.54) is 31.3 Å². The fraction of sp³-hybridized carbons (Fsp3) is 0.926. The van der Waals surface area contributed by atoms with Gasteiger partial charge >= 0.3 is 0 Å². The van der Waals surface area contributed by atoms with Crippen LogP contribution in [-0.2, 0) is 9.47 Å². The van der Waals surface area contributed by atoms with Crippen LogP contribution in [0.4, 0.5) is 0 Å². The molecule has 174 valence electrons. The third kappa shape index (κ3) is 2.74. The number of hydrogen-bond acceptors (Lipinski definition) is 4. The molecule has 31 heavy (non-hydrogen) atoms. The lowest BCUT2D eigenvalue weighted by Crippen LogP contribution is -2.54. The Morgan fingerprint density at radius 2 is 1.84 bits per heavy atom. The molecule has 0 aromatic carbocycles. The van der Waals surface area contributed by atoms with Crippen LogP contribution >= 0.6 is 0 Å². The van der Waals surface area contributed by atoms with E-state index in [4.69, 9.17) is 9.47 Å². The van der Waals surface area contributed by atoms with Crippen molar-refractivity contribution in [2.45, 2.75) is 103 Å². The molecule has 2 N–H and O–H groups in total. The Morgan fingerprint density at radius 3 is 2.58 bits per heavy atom. The molecule has 0 bridgehead atoms. The van der Waals surface area contributed by atoms with Gasteiger partial charge in [-0.2, -0.15) is 0 Å². The van der Waals surface area contributed by atoms with Crippen LogP contribution in [0.25, 0.3) is 0 Å². The van der Waals surface area contributed by atoms with E-state index < -0.39 is 12.2 Å². The molecule has 0 aromatic rings. The van der Waals surface area contributed by atoms with Crippen molar-refractivity contribution in [1.29, 1.82) is 0 Å². The molecule has 5 fully saturated rings. The fourth-order valence-electron chi connectivity index (χ4n) is 9.71. The van der Waals surface area contributed by atoms with Crippen molar-refractivity contribution in [3.8, 4) is 0 Å². The normalized spacial score (nSPS) is 60.7. The zero-order valence-corrected chi connectivity index (χ0v) is 19.8. The van der Waals surface area contributed by atoms with Crippen LogP contribution in [0.5, 0.6) is 0 Å². The van der Waals surface area contributed by atoms with E-state index >= 15 is 0 Å². The van der Waals surface area contributed by atoms with E-state index in [1.807, 2.05) is 0 Å². The molecular formula is C27H42O4. The largest absolute Gasteiger partial charge is 0.390 e. The minimum atomic E-state index is -0.584. The lowest BCUT2D eigenvalue weighted by atomic mass is 9.46. The second kappa shape index (κ2) is 6.81. The van der Waals surface area contributed by atoms with Gasteiger partial charge in [0.1, 0.15) is 0 Å². The molecule has 4 aliphatic carbocycles. The van der Waals surface area contributed by atoms with Crippen LogP contribution in [0.1, 0.15) is 79.1 Å². The zero-order chi connectivity index (χ0) is 21.8. The van der Waals surface area contributed by atoms with Gasteiger partial charge in [0.2, 0.25) is 0 Å². The molecule has 0 unspecified atom stereocenters. The summed E-state index contributed by atoms with van der Waals surface area (Å²) in [6.07, 6.45) is 10.1. The quantitative estimate of drug-likeness (QED) is 0.548. The Balaban J connectivity index is 1.28. The third-order valence-electron chi connectivity index (χ3n) is 11.4. The van der Waals surface area contributed by atoms with Crippen molar-refractivity contribution in [3.05, 3.63) is 11.6 Å². The molecule has 1 spiro atoms. The smallest absolute Gasteiger partial charge is 0.171 e. The number of allylic oxidation sites excluding steroid dienone is 1. The monoisotopic (exact) mass is 430 g/mol. The van der Waals surface area contributed by atoms with Crippen molar-refractivity contribution < 1.29 is 19.7 Å². The highest BCUT2D eigenvalue weighted by atomic mass is 16.7. The van der Waals surface area contributed by atoms with Crippen LogP contribution in [-0.4, -0.2) is 40.9 Å². The van der Waals surface area contributed by atoms with E-state index in [1.54, 1.807) is 0 Å². The van der Waals surface area contributed by atoms with Gasteiger partial charge in [-0.25, -0.2) is 0 Å². The van der Waals surface area contributed by atoms with Gasteiger partial charge in [0.15, 0.2) is 5.79 Å². The average Bonchev–Trinajstić information content (AvgIpc) is 3.16. The van der Waals surface area contributed by atoms with Crippen molar-refractivity contribution in [2.75, 3.05) is 6.61 Å². The van der Waals surface area contributed by atoms with E-state index in [9.17, 15) is 10.2 Å². The predicted octanol–water partition coefficient (Wildman–Crippen LogP) is 4.68. The van der Waals surface area contributed by atoms with Crippen LogP contribution in [0, 0.1) is 46.3 Å². The van der Waals surface area contributed by atoms with Crippen molar-refractivity contribution >= 4 is 0 Å². The van der Waals surface area contributed by atoms with Crippen LogP contribution in [0.2, 0.25) is 0 Å². The van der Waals surface area contributed by atoms with Crippen LogP contribution in [0.15, 0.2) is 11.6 Å². The number of hydrogen-bond donors (Lipinski definition) is 2. The molecular weight excluding hydrogens is 388 g/mol. The van der Waals surface area contributed by atoms with Gasteiger partial charge in [-0.15, -0.1) is 0 Å². The first-order valence-corrected chi connectivity index (χ1v) is 13.1. The van der Waals surface area contributed by atoms with Gasteiger partial charge in [0, 0.05) is 12.3 Å². The topological polar surface area (TPSA) is 58.9 Å². The first-order chi connectivity index (χ1) is 14.7. The maximum Gasteiger partial charge on any atom is 0.171 e. The molecule has 2 heterocycles. The van der Waals surface area contributed by atoms with Gasteiger partial charge in [-0.05, 0) is 85.4 Å². The van der Waals surface area contributed by atoms with Crippen molar-refractivity contribution in [3.63, 3.8) is 0 Å². The molecule has 4 nitrogen and oxygen atoms in total. The maximum atomic E-state index is 10.5. The molecule has 12 atom stereocenters. The number of aliphatic hydroxyl groups is 2. The summed E-state index contributed by atoms with van der Waals surface area (Å²) in [5, 5.41) is 20.8. The molecule has 4 heteroatoms. The molecule has 6 rings (SSSR count). The van der Waals surface area contributed by atoms with Crippen molar-refractivity contribution in [1.82, 2.24) is 0 Å². The molecule has 0 amide bonds. The van der Waals surface area contributed by atoms with Crippen LogP contribution < -0.4 is 0 Å². The first kappa shape index (κ1) is 21.1. The summed E-state index contributed by atoms with van der Waals surface area (Å²) in [7, 11) is 0. The Labute approximate surface area is 187 Å². The lowest BCUT2D eigenvalue weighted by Gasteiger charge is -2.59. The van der Waals surface area contributed by atoms with Gasteiger partial charge in [-0.1, -0.05) is 39.3 Å². The van der Waals surface area contributed by atoms with E-state index in [0.29, 0.717) is 53.4 Å². The zero-order valence-electron chi connectivity index (χ0n) is 19.8. The average molecular weight is 431 g/mol. The summed E-state index contributed by atoms with van der Waals surface area (Å²) < 4.78 is 13.3. The highest BCUT2D eigenvalue weighted by Crippen LogP contribution is 2.70. The number of rotatable bonds is 0. The SMILES string of the molecule is C[C@@H]1CC[C@@]2(OC1)O[C@H]1C[C@H]3[C@@H]4CC=C5C[C@@H](O)[C@H](O)C[C@]5(C)[C@@H]4CC[C@]3(C)[C@H]1[C@@H]2C. The Bertz CT molecular complexity index is 769. The summed E-state index contributed by atoms with van der Waals surface area (Å²) in [4.78, 5) is 0. The Kier molecular flexibility index (Phi) is 4.64. The minimum Gasteiger partial charge on any atom is -0.390 e.